The molecule has 0 spiro atoms. The van der Waals surface area contributed by atoms with Gasteiger partial charge in [0.1, 0.15) is 0 Å². The number of carbonyl (C=O) groups excluding carboxylic acids is 2. The van der Waals surface area contributed by atoms with Gasteiger partial charge in [0.25, 0.3) is 11.7 Å². The van der Waals surface area contributed by atoms with E-state index in [2.05, 4.69) is 16.5 Å². The number of aryl methyl sites for hydroxylation is 1. The lowest BCUT2D eigenvalue weighted by Gasteiger charge is -2.12. The Morgan fingerprint density at radius 2 is 1.92 bits per heavy atom. The first-order valence-corrected chi connectivity index (χ1v) is 9.20. The molecule has 0 atom stereocenters. The largest absolute Gasteiger partial charge is 0.349 e. The van der Waals surface area contributed by atoms with Crippen LogP contribution < -0.4 is 5.32 Å². The van der Waals surface area contributed by atoms with Gasteiger partial charge in [-0.15, -0.1) is 0 Å². The summed E-state index contributed by atoms with van der Waals surface area (Å²) < 4.78 is 1.71. The lowest BCUT2D eigenvalue weighted by molar-refractivity contribution is -0.116. The molecule has 1 N–H and O–H groups in total. The molecule has 5 nitrogen and oxygen atoms in total. The van der Waals surface area contributed by atoms with Crippen molar-refractivity contribution < 1.29 is 9.59 Å². The van der Waals surface area contributed by atoms with Crippen LogP contribution in [0.2, 0.25) is 0 Å². The van der Waals surface area contributed by atoms with E-state index in [9.17, 15) is 9.59 Å². The number of para-hydroxylation sites is 1. The van der Waals surface area contributed by atoms with Crippen molar-refractivity contribution in [1.82, 2.24) is 15.1 Å². The molecule has 1 aliphatic carbocycles. The highest BCUT2D eigenvalue weighted by molar-refractivity contribution is 6.43. The molecule has 0 bridgehead atoms. The highest BCUT2D eigenvalue weighted by Gasteiger charge is 2.24. The molecule has 0 radical (unpaired) electrons. The molecule has 0 aliphatic heterocycles. The fourth-order valence-electron chi connectivity index (χ4n) is 3.45. The van der Waals surface area contributed by atoms with Crippen LogP contribution in [0.25, 0.3) is 5.69 Å². The van der Waals surface area contributed by atoms with Gasteiger partial charge in [-0.25, -0.2) is 4.68 Å². The average Bonchev–Trinajstić information content (AvgIpc) is 2.97. The molecule has 3 rings (SSSR count). The van der Waals surface area contributed by atoms with Gasteiger partial charge in [0.15, 0.2) is 0 Å². The molecule has 1 amide bonds. The summed E-state index contributed by atoms with van der Waals surface area (Å²) in [7, 11) is 0. The third-order valence-corrected chi connectivity index (χ3v) is 4.84. The highest BCUT2D eigenvalue weighted by Crippen LogP contribution is 2.20. The maximum Gasteiger partial charge on any atom is 0.292 e. The van der Waals surface area contributed by atoms with Crippen molar-refractivity contribution in [3.63, 3.8) is 0 Å². The van der Waals surface area contributed by atoms with Crippen molar-refractivity contribution in [3.8, 4) is 5.69 Å². The van der Waals surface area contributed by atoms with Gasteiger partial charge in [-0.2, -0.15) is 5.10 Å². The van der Waals surface area contributed by atoms with Crippen LogP contribution in [0.4, 0.5) is 0 Å². The van der Waals surface area contributed by atoms with Gasteiger partial charge in [-0.05, 0) is 58.1 Å². The molecule has 0 saturated heterocycles. The number of hydrogen-bond donors (Lipinski definition) is 1. The fourth-order valence-corrected chi connectivity index (χ4v) is 3.45. The zero-order valence-electron chi connectivity index (χ0n) is 15.4. The highest BCUT2D eigenvalue weighted by atomic mass is 16.2. The van der Waals surface area contributed by atoms with E-state index in [0.717, 1.165) is 24.9 Å². The number of benzene rings is 1. The molecule has 0 saturated carbocycles. The molecular formula is C21H25N3O2. The average molecular weight is 351 g/mol. The zero-order valence-corrected chi connectivity index (χ0v) is 15.4. The van der Waals surface area contributed by atoms with Crippen LogP contribution in [0.15, 0.2) is 42.0 Å². The number of amides is 1. The van der Waals surface area contributed by atoms with Crippen LogP contribution in [0.5, 0.6) is 0 Å². The van der Waals surface area contributed by atoms with E-state index in [1.807, 2.05) is 37.3 Å². The first-order valence-electron chi connectivity index (χ1n) is 9.20. The molecule has 1 aromatic carbocycles. The summed E-state index contributed by atoms with van der Waals surface area (Å²) in [6.45, 7) is 4.08. The molecular weight excluding hydrogens is 326 g/mol. The minimum absolute atomic E-state index is 0.392. The molecule has 2 aromatic rings. The number of hydrogen-bond acceptors (Lipinski definition) is 3. The molecule has 1 aliphatic rings. The number of nitrogens with one attached hydrogen (secondary N) is 1. The Morgan fingerprint density at radius 1 is 1.15 bits per heavy atom. The van der Waals surface area contributed by atoms with Gasteiger partial charge in [-0.1, -0.05) is 29.8 Å². The number of carbonyl (C=O) groups is 2. The molecule has 136 valence electrons. The lowest BCUT2D eigenvalue weighted by Crippen LogP contribution is -2.32. The number of rotatable bonds is 6. The number of allylic oxidation sites excluding steroid dienone is 1. The summed E-state index contributed by atoms with van der Waals surface area (Å²) in [6.07, 6.45) is 7.77. The number of nitrogens with zero attached hydrogens (tertiary/aromatic N) is 2. The maximum atomic E-state index is 12.6. The first kappa shape index (κ1) is 18.1. The monoisotopic (exact) mass is 351 g/mol. The van der Waals surface area contributed by atoms with Crippen LogP contribution in [0.3, 0.4) is 0 Å². The lowest BCUT2D eigenvalue weighted by atomic mass is 9.97. The minimum atomic E-state index is -0.555. The third kappa shape index (κ3) is 3.93. The predicted molar refractivity (Wildman–Crippen MR) is 102 cm³/mol. The summed E-state index contributed by atoms with van der Waals surface area (Å²) in [5, 5.41) is 7.21. The summed E-state index contributed by atoms with van der Waals surface area (Å²) in [5.41, 5.74) is 3.90. The summed E-state index contributed by atoms with van der Waals surface area (Å²) in [4.78, 5) is 25.0. The molecule has 0 unspecified atom stereocenters. The fraction of sp³-hybridized carbons (Fsp3) is 0.381. The van der Waals surface area contributed by atoms with Crippen molar-refractivity contribution in [3.05, 3.63) is 58.9 Å². The van der Waals surface area contributed by atoms with Crippen molar-refractivity contribution in [1.29, 1.82) is 0 Å². The third-order valence-electron chi connectivity index (χ3n) is 4.84. The number of aromatic nitrogens is 2. The first-order chi connectivity index (χ1) is 12.6. The van der Waals surface area contributed by atoms with E-state index in [1.165, 1.54) is 18.4 Å². The van der Waals surface area contributed by atoms with Gasteiger partial charge < -0.3 is 5.32 Å². The maximum absolute atomic E-state index is 12.6. The number of ketones is 1. The van der Waals surface area contributed by atoms with E-state index < -0.39 is 11.7 Å². The van der Waals surface area contributed by atoms with Crippen molar-refractivity contribution >= 4 is 11.7 Å². The summed E-state index contributed by atoms with van der Waals surface area (Å²) in [6, 6.07) is 9.60. The van der Waals surface area contributed by atoms with Crippen LogP contribution >= 0.6 is 0 Å². The van der Waals surface area contributed by atoms with Crippen LogP contribution in [0, 0.1) is 13.8 Å². The smallest absolute Gasteiger partial charge is 0.292 e. The Kier molecular flexibility index (Phi) is 5.66. The molecule has 5 heteroatoms. The van der Waals surface area contributed by atoms with Gasteiger partial charge in [0, 0.05) is 6.54 Å². The Morgan fingerprint density at radius 3 is 2.62 bits per heavy atom. The van der Waals surface area contributed by atoms with Crippen molar-refractivity contribution in [2.45, 2.75) is 46.0 Å². The minimum Gasteiger partial charge on any atom is -0.349 e. The Hall–Kier alpha value is -2.69. The van der Waals surface area contributed by atoms with Crippen molar-refractivity contribution in [2.75, 3.05) is 6.54 Å². The number of Topliss-reactive ketones (excluding diaryl/α,β-unsaturated/α-hetero) is 1. The van der Waals surface area contributed by atoms with E-state index in [0.29, 0.717) is 23.5 Å². The SMILES string of the molecule is Cc1nn(-c2ccccc2)c(C)c1C(=O)C(=O)NCCC1=CCCCC1. The van der Waals surface area contributed by atoms with E-state index in [1.54, 1.807) is 11.6 Å². The van der Waals surface area contributed by atoms with Gasteiger partial charge in [0.05, 0.1) is 22.6 Å². The van der Waals surface area contributed by atoms with E-state index >= 15 is 0 Å². The predicted octanol–water partition coefficient (Wildman–Crippen LogP) is 3.68. The Bertz CT molecular complexity index is 834. The van der Waals surface area contributed by atoms with Gasteiger partial charge in [-0.3, -0.25) is 9.59 Å². The Labute approximate surface area is 154 Å². The van der Waals surface area contributed by atoms with Gasteiger partial charge >= 0.3 is 0 Å². The van der Waals surface area contributed by atoms with Gasteiger partial charge in [0.2, 0.25) is 0 Å². The van der Waals surface area contributed by atoms with Crippen LogP contribution in [0.1, 0.15) is 53.8 Å². The second kappa shape index (κ2) is 8.13. The second-order valence-electron chi connectivity index (χ2n) is 6.74. The van der Waals surface area contributed by atoms with Crippen molar-refractivity contribution in [2.24, 2.45) is 0 Å². The summed E-state index contributed by atoms with van der Waals surface area (Å²) in [5.74, 6) is -1.07. The van der Waals surface area contributed by atoms with E-state index in [-0.39, 0.29) is 0 Å². The molecule has 26 heavy (non-hydrogen) atoms. The molecule has 1 heterocycles. The zero-order chi connectivity index (χ0) is 18.5. The van der Waals surface area contributed by atoms with E-state index in [4.69, 9.17) is 0 Å². The van der Waals surface area contributed by atoms with Crippen LogP contribution in [-0.2, 0) is 4.79 Å². The second-order valence-corrected chi connectivity index (χ2v) is 6.74. The molecule has 1 aromatic heterocycles. The quantitative estimate of drug-likeness (QED) is 0.490. The Balaban J connectivity index is 1.68. The standard InChI is InChI=1S/C21H25N3O2/c1-15-19(16(2)24(23-15)18-11-7-4-8-12-18)20(25)21(26)22-14-13-17-9-5-3-6-10-17/h4,7-9,11-12H,3,5-6,10,13-14H2,1-2H3,(H,22,26). The normalized spacial score (nSPS) is 14.0. The topological polar surface area (TPSA) is 64.0 Å². The van der Waals surface area contributed by atoms with Crippen LogP contribution in [-0.4, -0.2) is 28.0 Å². The molecule has 0 fully saturated rings. The summed E-state index contributed by atoms with van der Waals surface area (Å²) >= 11 is 0.